The molecule has 0 bridgehead atoms. The van der Waals surface area contributed by atoms with Crippen molar-refractivity contribution >= 4 is 23.4 Å². The normalized spacial score (nSPS) is 10.8. The van der Waals surface area contributed by atoms with Crippen LogP contribution in [0.4, 0.5) is 5.69 Å². The molecule has 0 atom stereocenters. The topological polar surface area (TPSA) is 95.1 Å². The van der Waals surface area contributed by atoms with Crippen molar-refractivity contribution in [3.05, 3.63) is 64.5 Å². The number of rotatable bonds is 7. The van der Waals surface area contributed by atoms with Gasteiger partial charge in [0, 0.05) is 5.69 Å². The van der Waals surface area contributed by atoms with Crippen LogP contribution in [0.5, 0.6) is 5.75 Å². The van der Waals surface area contributed by atoms with Crippen molar-refractivity contribution < 1.29 is 9.53 Å². The van der Waals surface area contributed by atoms with Crippen LogP contribution in [0.25, 0.3) is 0 Å². The van der Waals surface area contributed by atoms with E-state index in [4.69, 9.17) is 10.6 Å². The SMILES string of the molecule is Cc1cccc(NC(=O)CSc2nnc(COc3c(C)cccc3C)n2N)c1C. The van der Waals surface area contributed by atoms with Gasteiger partial charge in [0.25, 0.3) is 0 Å². The number of amides is 1. The Labute approximate surface area is 174 Å². The van der Waals surface area contributed by atoms with E-state index >= 15 is 0 Å². The molecule has 7 nitrogen and oxygen atoms in total. The molecule has 0 aliphatic heterocycles. The van der Waals surface area contributed by atoms with Gasteiger partial charge in [-0.05, 0) is 56.0 Å². The zero-order valence-electron chi connectivity index (χ0n) is 17.0. The molecule has 1 heterocycles. The van der Waals surface area contributed by atoms with Crippen LogP contribution in [-0.4, -0.2) is 26.5 Å². The quantitative estimate of drug-likeness (QED) is 0.456. The third kappa shape index (κ3) is 4.89. The van der Waals surface area contributed by atoms with Crippen LogP contribution in [0.3, 0.4) is 0 Å². The van der Waals surface area contributed by atoms with E-state index in [1.807, 2.05) is 64.1 Å². The van der Waals surface area contributed by atoms with Gasteiger partial charge in [-0.1, -0.05) is 42.1 Å². The second kappa shape index (κ2) is 9.00. The monoisotopic (exact) mass is 411 g/mol. The third-order valence-electron chi connectivity index (χ3n) is 4.70. The number of aromatic nitrogens is 3. The molecule has 0 saturated heterocycles. The van der Waals surface area contributed by atoms with Crippen LogP contribution >= 0.6 is 11.8 Å². The third-order valence-corrected chi connectivity index (χ3v) is 5.64. The number of benzene rings is 2. The highest BCUT2D eigenvalue weighted by Crippen LogP contribution is 2.24. The maximum absolute atomic E-state index is 12.3. The maximum atomic E-state index is 12.3. The Morgan fingerprint density at radius 1 is 1.07 bits per heavy atom. The van der Waals surface area contributed by atoms with Crippen LogP contribution in [0.1, 0.15) is 28.1 Å². The summed E-state index contributed by atoms with van der Waals surface area (Å²) in [6.45, 7) is 8.18. The Bertz CT molecular complexity index is 1010. The van der Waals surface area contributed by atoms with Gasteiger partial charge in [0.15, 0.2) is 5.82 Å². The van der Waals surface area contributed by atoms with Gasteiger partial charge in [-0.15, -0.1) is 10.2 Å². The molecule has 3 rings (SSSR count). The van der Waals surface area contributed by atoms with Gasteiger partial charge in [-0.2, -0.15) is 0 Å². The molecular weight excluding hydrogens is 386 g/mol. The number of nitrogens with two attached hydrogens (primary N) is 1. The van der Waals surface area contributed by atoms with Crippen molar-refractivity contribution in [2.45, 2.75) is 39.5 Å². The van der Waals surface area contributed by atoms with E-state index in [1.165, 1.54) is 16.4 Å². The summed E-state index contributed by atoms with van der Waals surface area (Å²) in [5, 5.41) is 11.5. The van der Waals surface area contributed by atoms with E-state index in [-0.39, 0.29) is 18.3 Å². The van der Waals surface area contributed by atoms with Crippen LogP contribution in [-0.2, 0) is 11.4 Å². The molecule has 0 radical (unpaired) electrons. The summed E-state index contributed by atoms with van der Waals surface area (Å²) in [6.07, 6.45) is 0. The number of nitrogens with one attached hydrogen (secondary N) is 1. The summed E-state index contributed by atoms with van der Waals surface area (Å²) in [5.41, 5.74) is 5.09. The molecule has 152 valence electrons. The van der Waals surface area contributed by atoms with Gasteiger partial charge in [0.05, 0.1) is 5.75 Å². The summed E-state index contributed by atoms with van der Waals surface area (Å²) in [7, 11) is 0. The Morgan fingerprint density at radius 2 is 1.72 bits per heavy atom. The molecule has 0 saturated carbocycles. The molecule has 0 aliphatic carbocycles. The number of nitrogen functional groups attached to an aromatic ring is 1. The van der Waals surface area contributed by atoms with Gasteiger partial charge >= 0.3 is 0 Å². The van der Waals surface area contributed by atoms with E-state index in [0.717, 1.165) is 33.7 Å². The number of hydrogen-bond donors (Lipinski definition) is 2. The Kier molecular flexibility index (Phi) is 6.43. The number of anilines is 1. The highest BCUT2D eigenvalue weighted by Gasteiger charge is 2.14. The van der Waals surface area contributed by atoms with Crippen molar-refractivity contribution in [2.75, 3.05) is 16.9 Å². The molecule has 2 aromatic carbocycles. The lowest BCUT2D eigenvalue weighted by Gasteiger charge is -2.11. The number of ether oxygens (including phenoxy) is 1. The Balaban J connectivity index is 1.58. The molecule has 3 N–H and O–H groups in total. The number of carbonyl (C=O) groups excluding carboxylic acids is 1. The molecule has 1 amide bonds. The minimum atomic E-state index is -0.125. The second-order valence-electron chi connectivity index (χ2n) is 6.86. The molecule has 8 heteroatoms. The first kappa shape index (κ1) is 20.7. The fourth-order valence-electron chi connectivity index (χ4n) is 2.87. The number of thioether (sulfide) groups is 1. The molecule has 0 unspecified atom stereocenters. The molecule has 0 aliphatic rings. The van der Waals surface area contributed by atoms with Crippen LogP contribution < -0.4 is 15.9 Å². The van der Waals surface area contributed by atoms with Gasteiger partial charge in [-0.3, -0.25) is 4.79 Å². The number of para-hydroxylation sites is 1. The summed E-state index contributed by atoms with van der Waals surface area (Å²) in [5.74, 6) is 7.45. The van der Waals surface area contributed by atoms with Crippen LogP contribution in [0.15, 0.2) is 41.6 Å². The van der Waals surface area contributed by atoms with Crippen molar-refractivity contribution in [2.24, 2.45) is 0 Å². The van der Waals surface area contributed by atoms with Crippen molar-refractivity contribution in [1.29, 1.82) is 0 Å². The largest absolute Gasteiger partial charge is 0.485 e. The van der Waals surface area contributed by atoms with Gasteiger partial charge in [0.2, 0.25) is 11.1 Å². The summed E-state index contributed by atoms with van der Waals surface area (Å²) in [4.78, 5) is 12.3. The lowest BCUT2D eigenvalue weighted by molar-refractivity contribution is -0.113. The number of aryl methyl sites for hydroxylation is 3. The smallest absolute Gasteiger partial charge is 0.234 e. The first-order valence-electron chi connectivity index (χ1n) is 9.24. The maximum Gasteiger partial charge on any atom is 0.234 e. The highest BCUT2D eigenvalue weighted by molar-refractivity contribution is 7.99. The first-order valence-corrected chi connectivity index (χ1v) is 10.2. The van der Waals surface area contributed by atoms with E-state index in [0.29, 0.717) is 11.0 Å². The summed E-state index contributed by atoms with van der Waals surface area (Å²) in [6, 6.07) is 11.8. The molecule has 0 fully saturated rings. The number of hydrogen-bond acceptors (Lipinski definition) is 6. The highest BCUT2D eigenvalue weighted by atomic mass is 32.2. The Morgan fingerprint density at radius 3 is 2.45 bits per heavy atom. The molecule has 0 spiro atoms. The van der Waals surface area contributed by atoms with Crippen LogP contribution in [0, 0.1) is 27.7 Å². The molecule has 3 aromatic rings. The first-order chi connectivity index (χ1) is 13.9. The van der Waals surface area contributed by atoms with E-state index < -0.39 is 0 Å². The average Bonchev–Trinajstić information content (AvgIpc) is 3.03. The molecule has 1 aromatic heterocycles. The van der Waals surface area contributed by atoms with Crippen molar-refractivity contribution in [3.63, 3.8) is 0 Å². The predicted octanol–water partition coefficient (Wildman–Crippen LogP) is 3.54. The van der Waals surface area contributed by atoms with Gasteiger partial charge < -0.3 is 15.9 Å². The van der Waals surface area contributed by atoms with E-state index in [9.17, 15) is 4.79 Å². The minimum Gasteiger partial charge on any atom is -0.485 e. The van der Waals surface area contributed by atoms with Crippen molar-refractivity contribution in [3.8, 4) is 5.75 Å². The lowest BCUT2D eigenvalue weighted by atomic mass is 10.1. The van der Waals surface area contributed by atoms with E-state index in [2.05, 4.69) is 15.5 Å². The number of nitrogens with zero attached hydrogens (tertiary/aromatic N) is 3. The fourth-order valence-corrected chi connectivity index (χ4v) is 3.55. The average molecular weight is 412 g/mol. The standard InChI is InChI=1S/C21H25N5O2S/c1-13-7-6-10-17(16(13)4)23-19(27)12-29-21-25-24-18(26(21)22)11-28-20-14(2)8-5-9-15(20)3/h5-10H,11-12,22H2,1-4H3,(H,23,27). The zero-order chi connectivity index (χ0) is 21.0. The summed E-state index contributed by atoms with van der Waals surface area (Å²) < 4.78 is 7.25. The molecule has 29 heavy (non-hydrogen) atoms. The predicted molar refractivity (Wildman–Crippen MR) is 116 cm³/mol. The van der Waals surface area contributed by atoms with Crippen LogP contribution in [0.2, 0.25) is 0 Å². The molecular formula is C21H25N5O2S. The minimum absolute atomic E-state index is 0.125. The lowest BCUT2D eigenvalue weighted by Crippen LogP contribution is -2.18. The number of carbonyl (C=O) groups is 1. The van der Waals surface area contributed by atoms with Gasteiger partial charge in [-0.25, -0.2) is 4.68 Å². The van der Waals surface area contributed by atoms with Gasteiger partial charge in [0.1, 0.15) is 12.4 Å². The zero-order valence-corrected chi connectivity index (χ0v) is 17.8. The van der Waals surface area contributed by atoms with Crippen molar-refractivity contribution in [1.82, 2.24) is 14.9 Å². The summed E-state index contributed by atoms with van der Waals surface area (Å²) >= 11 is 1.23. The van der Waals surface area contributed by atoms with E-state index in [1.54, 1.807) is 0 Å². The Hall–Kier alpha value is -3.00. The second-order valence-corrected chi connectivity index (χ2v) is 7.81. The fraction of sp³-hybridized carbons (Fsp3) is 0.286.